The van der Waals surface area contributed by atoms with Gasteiger partial charge in [0.15, 0.2) is 5.69 Å². The quantitative estimate of drug-likeness (QED) is 0.918. The van der Waals surface area contributed by atoms with Crippen LogP contribution in [0.4, 0.5) is 13.2 Å². The first-order valence-corrected chi connectivity index (χ1v) is 5.36. The van der Waals surface area contributed by atoms with Gasteiger partial charge < -0.3 is 9.63 Å². The minimum absolute atomic E-state index is 0.164. The van der Waals surface area contributed by atoms with Crippen LogP contribution in [0.15, 0.2) is 4.52 Å². The molecule has 19 heavy (non-hydrogen) atoms. The number of alkyl halides is 3. The predicted octanol–water partition coefficient (Wildman–Crippen LogP) is 1.44. The van der Waals surface area contributed by atoms with Crippen LogP contribution in [0, 0.1) is 13.8 Å². The maximum atomic E-state index is 12.9. The molecule has 0 saturated heterocycles. The standard InChI is InChI=1S/C10H11F3N4O2/c1-5-7(6(2)19-15-5)3-17-9(10(11,12)13)8(4-18)14-16-17/h18H,3-4H2,1-2H3. The summed E-state index contributed by atoms with van der Waals surface area (Å²) in [5, 5.41) is 19.3. The van der Waals surface area contributed by atoms with E-state index in [9.17, 15) is 13.2 Å². The zero-order valence-corrected chi connectivity index (χ0v) is 10.2. The molecule has 6 nitrogen and oxygen atoms in total. The van der Waals surface area contributed by atoms with Gasteiger partial charge in [0.1, 0.15) is 11.5 Å². The van der Waals surface area contributed by atoms with Crippen LogP contribution in [0.25, 0.3) is 0 Å². The van der Waals surface area contributed by atoms with Gasteiger partial charge in [-0.05, 0) is 13.8 Å². The van der Waals surface area contributed by atoms with Crippen molar-refractivity contribution < 1.29 is 22.8 Å². The summed E-state index contributed by atoms with van der Waals surface area (Å²) < 4.78 is 44.3. The third kappa shape index (κ3) is 2.46. The highest BCUT2D eigenvalue weighted by atomic mass is 19.4. The van der Waals surface area contributed by atoms with E-state index >= 15 is 0 Å². The molecule has 0 amide bonds. The van der Waals surface area contributed by atoms with E-state index in [4.69, 9.17) is 9.63 Å². The summed E-state index contributed by atoms with van der Waals surface area (Å²) in [6, 6.07) is 0. The van der Waals surface area contributed by atoms with Crippen molar-refractivity contribution in [1.82, 2.24) is 20.2 Å². The Labute approximate surface area is 105 Å². The van der Waals surface area contributed by atoms with Gasteiger partial charge in [0.05, 0.1) is 18.8 Å². The molecule has 0 radical (unpaired) electrons. The fourth-order valence-corrected chi connectivity index (χ4v) is 1.75. The number of halogens is 3. The van der Waals surface area contributed by atoms with Gasteiger partial charge >= 0.3 is 6.18 Å². The molecule has 104 valence electrons. The van der Waals surface area contributed by atoms with Crippen LogP contribution in [-0.2, 0) is 19.3 Å². The second-order valence-corrected chi connectivity index (χ2v) is 4.00. The summed E-state index contributed by atoms with van der Waals surface area (Å²) in [5.74, 6) is 0.423. The topological polar surface area (TPSA) is 77.0 Å². The molecule has 1 N–H and O–H groups in total. The van der Waals surface area contributed by atoms with E-state index in [0.29, 0.717) is 21.7 Å². The van der Waals surface area contributed by atoms with Crippen LogP contribution in [0.3, 0.4) is 0 Å². The number of aliphatic hydroxyl groups is 1. The first-order chi connectivity index (χ1) is 8.84. The molecule has 0 saturated carbocycles. The van der Waals surface area contributed by atoms with Crippen LogP contribution in [0.2, 0.25) is 0 Å². The molecular weight excluding hydrogens is 265 g/mol. The average molecular weight is 276 g/mol. The average Bonchev–Trinajstić information content (AvgIpc) is 2.87. The first-order valence-electron chi connectivity index (χ1n) is 5.36. The number of hydrogen-bond acceptors (Lipinski definition) is 5. The Morgan fingerprint density at radius 2 is 2.00 bits per heavy atom. The van der Waals surface area contributed by atoms with Gasteiger partial charge in [-0.3, -0.25) is 0 Å². The molecule has 9 heteroatoms. The maximum absolute atomic E-state index is 12.9. The van der Waals surface area contributed by atoms with Crippen molar-refractivity contribution in [1.29, 1.82) is 0 Å². The van der Waals surface area contributed by atoms with Crippen LogP contribution in [-0.4, -0.2) is 25.3 Å². The number of aryl methyl sites for hydroxylation is 2. The van der Waals surface area contributed by atoms with Crippen molar-refractivity contribution in [2.75, 3.05) is 0 Å². The van der Waals surface area contributed by atoms with Gasteiger partial charge in [0.25, 0.3) is 0 Å². The fourth-order valence-electron chi connectivity index (χ4n) is 1.75. The molecule has 0 aliphatic rings. The van der Waals surface area contributed by atoms with Gasteiger partial charge in [-0.2, -0.15) is 13.2 Å². The summed E-state index contributed by atoms with van der Waals surface area (Å²) in [6.45, 7) is 2.24. The molecule has 2 aromatic heterocycles. The molecule has 0 aromatic carbocycles. The third-order valence-electron chi connectivity index (χ3n) is 2.71. The molecule has 0 unspecified atom stereocenters. The van der Waals surface area contributed by atoms with Gasteiger partial charge in [0.2, 0.25) is 0 Å². The minimum Gasteiger partial charge on any atom is -0.390 e. The molecule has 2 rings (SSSR count). The summed E-state index contributed by atoms with van der Waals surface area (Å²) in [5.41, 5.74) is -0.555. The molecule has 2 heterocycles. The molecule has 0 spiro atoms. The van der Waals surface area contributed by atoms with Gasteiger partial charge in [-0.1, -0.05) is 10.4 Å². The van der Waals surface area contributed by atoms with Crippen molar-refractivity contribution in [2.24, 2.45) is 0 Å². The van der Waals surface area contributed by atoms with E-state index in [0.717, 1.165) is 0 Å². The second kappa shape index (κ2) is 4.65. The number of rotatable bonds is 3. The molecule has 2 aromatic rings. The molecule has 0 bridgehead atoms. The predicted molar refractivity (Wildman–Crippen MR) is 56.0 cm³/mol. The van der Waals surface area contributed by atoms with E-state index in [1.165, 1.54) is 0 Å². The first kappa shape index (κ1) is 13.5. The van der Waals surface area contributed by atoms with E-state index in [2.05, 4.69) is 15.5 Å². The molecule has 0 aliphatic heterocycles. The fraction of sp³-hybridized carbons (Fsp3) is 0.500. The summed E-state index contributed by atoms with van der Waals surface area (Å²) >= 11 is 0. The van der Waals surface area contributed by atoms with Crippen LogP contribution in [0.1, 0.15) is 28.4 Å². The normalized spacial score (nSPS) is 12.1. The monoisotopic (exact) mass is 276 g/mol. The van der Waals surface area contributed by atoms with Crippen LogP contribution < -0.4 is 0 Å². The van der Waals surface area contributed by atoms with E-state index in [1.807, 2.05) is 0 Å². The largest absolute Gasteiger partial charge is 0.435 e. The molecule has 0 aliphatic carbocycles. The Morgan fingerprint density at radius 3 is 2.47 bits per heavy atom. The highest BCUT2D eigenvalue weighted by Gasteiger charge is 2.39. The Hall–Kier alpha value is -1.90. The van der Waals surface area contributed by atoms with E-state index < -0.39 is 24.2 Å². The number of aliphatic hydroxyl groups excluding tert-OH is 1. The van der Waals surface area contributed by atoms with Gasteiger partial charge in [-0.25, -0.2) is 4.68 Å². The van der Waals surface area contributed by atoms with E-state index in [-0.39, 0.29) is 6.54 Å². The van der Waals surface area contributed by atoms with Crippen molar-refractivity contribution >= 4 is 0 Å². The number of hydrogen-bond donors (Lipinski definition) is 1. The van der Waals surface area contributed by atoms with Crippen molar-refractivity contribution in [3.05, 3.63) is 28.4 Å². The maximum Gasteiger partial charge on any atom is 0.435 e. The van der Waals surface area contributed by atoms with Gasteiger partial charge in [0, 0.05) is 5.56 Å². The summed E-state index contributed by atoms with van der Waals surface area (Å²) in [6.07, 6.45) is -4.64. The van der Waals surface area contributed by atoms with E-state index in [1.54, 1.807) is 13.8 Å². The number of nitrogens with zero attached hydrogens (tertiary/aromatic N) is 4. The van der Waals surface area contributed by atoms with Crippen molar-refractivity contribution in [3.63, 3.8) is 0 Å². The SMILES string of the molecule is Cc1noc(C)c1Cn1nnc(CO)c1C(F)(F)F. The summed E-state index contributed by atoms with van der Waals surface area (Å²) in [7, 11) is 0. The zero-order chi connectivity index (χ0) is 14.2. The minimum atomic E-state index is -4.64. The second-order valence-electron chi connectivity index (χ2n) is 4.00. The Bertz CT molecular complexity index is 569. The van der Waals surface area contributed by atoms with Crippen molar-refractivity contribution in [3.8, 4) is 0 Å². The third-order valence-corrected chi connectivity index (χ3v) is 2.71. The van der Waals surface area contributed by atoms with Gasteiger partial charge in [-0.15, -0.1) is 5.10 Å². The Kier molecular flexibility index (Phi) is 3.31. The number of aromatic nitrogens is 4. The lowest BCUT2D eigenvalue weighted by atomic mass is 10.2. The lowest BCUT2D eigenvalue weighted by Crippen LogP contribution is -2.17. The molecule has 0 atom stereocenters. The zero-order valence-electron chi connectivity index (χ0n) is 10.2. The Morgan fingerprint density at radius 1 is 1.32 bits per heavy atom. The lowest BCUT2D eigenvalue weighted by molar-refractivity contribution is -0.145. The highest BCUT2D eigenvalue weighted by Crippen LogP contribution is 2.31. The van der Waals surface area contributed by atoms with Crippen LogP contribution in [0.5, 0.6) is 0 Å². The summed E-state index contributed by atoms with van der Waals surface area (Å²) in [4.78, 5) is 0. The highest BCUT2D eigenvalue weighted by molar-refractivity contribution is 5.23. The van der Waals surface area contributed by atoms with Crippen molar-refractivity contribution in [2.45, 2.75) is 33.2 Å². The molecule has 0 fully saturated rings. The smallest absolute Gasteiger partial charge is 0.390 e. The molecular formula is C10H11F3N4O2. The lowest BCUT2D eigenvalue weighted by Gasteiger charge is -2.10. The Balaban J connectivity index is 2.44. The van der Waals surface area contributed by atoms with Crippen LogP contribution >= 0.6 is 0 Å².